The molecule has 4 rings (SSSR count). The summed E-state index contributed by atoms with van der Waals surface area (Å²) in [7, 11) is 2.18. The Morgan fingerprint density at radius 2 is 2.11 bits per heavy atom. The van der Waals surface area contributed by atoms with Crippen LogP contribution >= 0.6 is 11.6 Å². The summed E-state index contributed by atoms with van der Waals surface area (Å²) < 4.78 is 0. The fraction of sp³-hybridized carbons (Fsp3) is 0.304. The minimum atomic E-state index is 0.528. The minimum absolute atomic E-state index is 0.528. The maximum Gasteiger partial charge on any atom is 0.137 e. The van der Waals surface area contributed by atoms with Gasteiger partial charge in [-0.3, -0.25) is 0 Å². The second-order valence-electron chi connectivity index (χ2n) is 7.35. The SMILES string of the molecule is CCN(C)C1CCN(c2nc3cc(Cl)ccc3cc2-c2cccc(C#N)c2)C1. The molecule has 0 saturated carbocycles. The molecule has 0 radical (unpaired) electrons. The standard InChI is InChI=1S/C23H23ClN4/c1-3-27(2)20-9-10-28(15-20)23-21(17-6-4-5-16(11-17)14-25)12-18-7-8-19(24)13-22(18)26-23/h4-8,11-13,20H,3,9-10,15H2,1-2H3. The lowest BCUT2D eigenvalue weighted by Crippen LogP contribution is -2.34. The predicted molar refractivity (Wildman–Crippen MR) is 116 cm³/mol. The van der Waals surface area contributed by atoms with Gasteiger partial charge in [-0.15, -0.1) is 0 Å². The number of rotatable bonds is 4. The molecule has 4 nitrogen and oxygen atoms in total. The molecule has 0 aliphatic carbocycles. The molecule has 1 aliphatic rings. The molecule has 1 fully saturated rings. The third kappa shape index (κ3) is 3.56. The molecule has 0 spiro atoms. The number of fused-ring (bicyclic) bond motifs is 1. The van der Waals surface area contributed by atoms with Crippen molar-refractivity contribution in [3.8, 4) is 17.2 Å². The second-order valence-corrected chi connectivity index (χ2v) is 7.79. The molecule has 0 bridgehead atoms. The Bertz CT molecular complexity index is 1060. The van der Waals surface area contributed by atoms with Crippen LogP contribution in [0.15, 0.2) is 48.5 Å². The van der Waals surface area contributed by atoms with Gasteiger partial charge in [-0.05, 0) is 55.9 Å². The lowest BCUT2D eigenvalue weighted by Gasteiger charge is -2.25. The largest absolute Gasteiger partial charge is 0.354 e. The van der Waals surface area contributed by atoms with Crippen LogP contribution < -0.4 is 4.90 Å². The summed E-state index contributed by atoms with van der Waals surface area (Å²) in [5.41, 5.74) is 3.64. The molecule has 2 aromatic carbocycles. The molecule has 28 heavy (non-hydrogen) atoms. The number of nitrogens with zero attached hydrogens (tertiary/aromatic N) is 4. The van der Waals surface area contributed by atoms with E-state index in [0.29, 0.717) is 16.6 Å². The molecule has 5 heteroatoms. The van der Waals surface area contributed by atoms with E-state index in [0.717, 1.165) is 53.9 Å². The number of benzene rings is 2. The molecule has 0 N–H and O–H groups in total. The first-order valence-electron chi connectivity index (χ1n) is 9.65. The van der Waals surface area contributed by atoms with Crippen molar-refractivity contribution in [3.05, 3.63) is 59.1 Å². The van der Waals surface area contributed by atoms with Crippen LogP contribution in [0, 0.1) is 11.3 Å². The molecule has 1 saturated heterocycles. The van der Waals surface area contributed by atoms with Gasteiger partial charge >= 0.3 is 0 Å². The summed E-state index contributed by atoms with van der Waals surface area (Å²) in [6.45, 7) is 5.15. The van der Waals surface area contributed by atoms with Gasteiger partial charge < -0.3 is 9.80 Å². The summed E-state index contributed by atoms with van der Waals surface area (Å²) in [6.07, 6.45) is 1.12. The average molecular weight is 391 g/mol. The van der Waals surface area contributed by atoms with Gasteiger partial charge in [-0.25, -0.2) is 4.98 Å². The van der Waals surface area contributed by atoms with E-state index in [-0.39, 0.29) is 0 Å². The molecule has 3 aromatic rings. The molecule has 142 valence electrons. The molecular formula is C23H23ClN4. The first-order chi connectivity index (χ1) is 13.6. The number of aromatic nitrogens is 1. The summed E-state index contributed by atoms with van der Waals surface area (Å²) in [5.74, 6) is 0.969. The first-order valence-corrected chi connectivity index (χ1v) is 10.0. The van der Waals surface area contributed by atoms with Gasteiger partial charge in [0.05, 0.1) is 17.1 Å². The molecule has 1 aliphatic heterocycles. The number of anilines is 1. The Morgan fingerprint density at radius 1 is 1.25 bits per heavy atom. The van der Waals surface area contributed by atoms with Crippen LogP contribution in [0.5, 0.6) is 0 Å². The van der Waals surface area contributed by atoms with E-state index in [1.807, 2.05) is 36.4 Å². The smallest absolute Gasteiger partial charge is 0.137 e. The molecule has 0 amide bonds. The van der Waals surface area contributed by atoms with Crippen LogP contribution in [-0.2, 0) is 0 Å². The normalized spacial score (nSPS) is 16.7. The van der Waals surface area contributed by atoms with Crippen molar-refractivity contribution in [2.75, 3.05) is 31.6 Å². The minimum Gasteiger partial charge on any atom is -0.354 e. The van der Waals surface area contributed by atoms with E-state index < -0.39 is 0 Å². The highest BCUT2D eigenvalue weighted by Crippen LogP contribution is 2.35. The molecule has 1 unspecified atom stereocenters. The van der Waals surface area contributed by atoms with Gasteiger partial charge in [0.1, 0.15) is 5.82 Å². The number of hydrogen-bond donors (Lipinski definition) is 0. The molecule has 1 atom stereocenters. The predicted octanol–water partition coefficient (Wildman–Crippen LogP) is 4.96. The molecular weight excluding hydrogens is 368 g/mol. The van der Waals surface area contributed by atoms with Crippen LogP contribution in [0.1, 0.15) is 18.9 Å². The van der Waals surface area contributed by atoms with Crippen molar-refractivity contribution < 1.29 is 0 Å². The van der Waals surface area contributed by atoms with Crippen molar-refractivity contribution in [2.45, 2.75) is 19.4 Å². The van der Waals surface area contributed by atoms with E-state index in [1.165, 1.54) is 0 Å². The highest BCUT2D eigenvalue weighted by Gasteiger charge is 2.28. The second kappa shape index (κ2) is 7.79. The van der Waals surface area contributed by atoms with E-state index in [1.54, 1.807) is 0 Å². The lowest BCUT2D eigenvalue weighted by molar-refractivity contribution is 0.272. The topological polar surface area (TPSA) is 43.2 Å². The number of nitriles is 1. The third-order valence-electron chi connectivity index (χ3n) is 5.65. The first kappa shape index (κ1) is 18.7. The Balaban J connectivity index is 1.84. The van der Waals surface area contributed by atoms with E-state index >= 15 is 0 Å². The molecule has 1 aromatic heterocycles. The van der Waals surface area contributed by atoms with E-state index in [4.69, 9.17) is 16.6 Å². The van der Waals surface area contributed by atoms with Crippen LogP contribution in [0.3, 0.4) is 0 Å². The van der Waals surface area contributed by atoms with Gasteiger partial charge in [-0.1, -0.05) is 36.7 Å². The monoisotopic (exact) mass is 390 g/mol. The zero-order valence-corrected chi connectivity index (χ0v) is 16.9. The summed E-state index contributed by atoms with van der Waals surface area (Å²) in [6, 6.07) is 18.5. The highest BCUT2D eigenvalue weighted by atomic mass is 35.5. The third-order valence-corrected chi connectivity index (χ3v) is 5.88. The lowest BCUT2D eigenvalue weighted by atomic mass is 10.0. The van der Waals surface area contributed by atoms with Crippen molar-refractivity contribution in [1.82, 2.24) is 9.88 Å². The quantitative estimate of drug-likeness (QED) is 0.631. The number of halogens is 1. The van der Waals surface area contributed by atoms with E-state index in [2.05, 4.69) is 42.0 Å². The van der Waals surface area contributed by atoms with Crippen LogP contribution in [0.4, 0.5) is 5.82 Å². The summed E-state index contributed by atoms with van der Waals surface area (Å²) in [5, 5.41) is 11.1. The van der Waals surface area contributed by atoms with Gasteiger partial charge in [0.15, 0.2) is 0 Å². The number of pyridine rings is 1. The van der Waals surface area contributed by atoms with Gasteiger partial charge in [0, 0.05) is 35.1 Å². The maximum atomic E-state index is 9.32. The zero-order chi connectivity index (χ0) is 19.7. The van der Waals surface area contributed by atoms with Gasteiger partial charge in [0.25, 0.3) is 0 Å². The van der Waals surface area contributed by atoms with Crippen LogP contribution in [-0.4, -0.2) is 42.6 Å². The fourth-order valence-electron chi connectivity index (χ4n) is 3.89. The van der Waals surface area contributed by atoms with Crippen molar-refractivity contribution >= 4 is 28.3 Å². The van der Waals surface area contributed by atoms with Gasteiger partial charge in [0.2, 0.25) is 0 Å². The van der Waals surface area contributed by atoms with Crippen molar-refractivity contribution in [3.63, 3.8) is 0 Å². The highest BCUT2D eigenvalue weighted by molar-refractivity contribution is 6.31. The Morgan fingerprint density at radius 3 is 2.89 bits per heavy atom. The van der Waals surface area contributed by atoms with Crippen molar-refractivity contribution in [1.29, 1.82) is 5.26 Å². The number of likely N-dealkylation sites (N-methyl/N-ethyl adjacent to an activating group) is 1. The number of hydrogen-bond acceptors (Lipinski definition) is 4. The Labute approximate surface area is 171 Å². The summed E-state index contributed by atoms with van der Waals surface area (Å²) in [4.78, 5) is 9.77. The Kier molecular flexibility index (Phi) is 5.21. The summed E-state index contributed by atoms with van der Waals surface area (Å²) >= 11 is 6.21. The maximum absolute atomic E-state index is 9.32. The van der Waals surface area contributed by atoms with Crippen LogP contribution in [0.2, 0.25) is 5.02 Å². The molecule has 2 heterocycles. The average Bonchev–Trinajstić information content (AvgIpc) is 3.22. The fourth-order valence-corrected chi connectivity index (χ4v) is 4.06. The Hall–Kier alpha value is -2.61. The zero-order valence-electron chi connectivity index (χ0n) is 16.2. The van der Waals surface area contributed by atoms with Crippen LogP contribution in [0.25, 0.3) is 22.0 Å². The van der Waals surface area contributed by atoms with E-state index in [9.17, 15) is 5.26 Å². The van der Waals surface area contributed by atoms with Gasteiger partial charge in [-0.2, -0.15) is 5.26 Å². The van der Waals surface area contributed by atoms with Crippen molar-refractivity contribution in [2.24, 2.45) is 0 Å².